The van der Waals surface area contributed by atoms with Crippen molar-refractivity contribution in [2.75, 3.05) is 39.3 Å². The molecular weight excluding hydrogens is 359 g/mol. The van der Waals surface area contributed by atoms with Crippen molar-refractivity contribution in [3.63, 3.8) is 0 Å². The Bertz CT molecular complexity index is 714. The minimum Gasteiger partial charge on any atom is -0.355 e. The summed E-state index contributed by atoms with van der Waals surface area (Å²) in [6, 6.07) is 4.16. The Labute approximate surface area is 144 Å². The lowest BCUT2D eigenvalue weighted by Crippen LogP contribution is -2.51. The van der Waals surface area contributed by atoms with E-state index in [9.17, 15) is 26.4 Å². The third-order valence-electron chi connectivity index (χ3n) is 3.88. The minimum atomic E-state index is -4.75. The monoisotopic (exact) mass is 379 g/mol. The molecule has 1 N–H and O–H groups in total. The first-order chi connectivity index (χ1) is 11.7. The Balaban J connectivity index is 2.12. The van der Waals surface area contributed by atoms with Crippen LogP contribution in [0.15, 0.2) is 29.2 Å². The van der Waals surface area contributed by atoms with Crippen LogP contribution in [-0.2, 0) is 21.0 Å². The van der Waals surface area contributed by atoms with E-state index in [-0.39, 0.29) is 38.6 Å². The number of carbonyl (C=O) groups excluding carboxylic acids is 1. The van der Waals surface area contributed by atoms with Crippen LogP contribution in [0.4, 0.5) is 13.2 Å². The number of carbonyl (C=O) groups is 1. The zero-order chi connectivity index (χ0) is 18.7. The van der Waals surface area contributed by atoms with Gasteiger partial charge in [0.15, 0.2) is 0 Å². The van der Waals surface area contributed by atoms with E-state index >= 15 is 0 Å². The van der Waals surface area contributed by atoms with Gasteiger partial charge in [-0.2, -0.15) is 17.5 Å². The van der Waals surface area contributed by atoms with E-state index in [0.29, 0.717) is 6.54 Å². The fourth-order valence-corrected chi connectivity index (χ4v) is 4.28. The van der Waals surface area contributed by atoms with Crippen LogP contribution in [0.1, 0.15) is 12.5 Å². The van der Waals surface area contributed by atoms with Crippen molar-refractivity contribution in [2.45, 2.75) is 18.0 Å². The second kappa shape index (κ2) is 7.71. The minimum absolute atomic E-state index is 0.0356. The van der Waals surface area contributed by atoms with Crippen LogP contribution in [0.5, 0.6) is 0 Å². The van der Waals surface area contributed by atoms with Crippen LogP contribution in [0.3, 0.4) is 0 Å². The number of hydrogen-bond acceptors (Lipinski definition) is 4. The van der Waals surface area contributed by atoms with E-state index in [1.54, 1.807) is 11.8 Å². The first-order valence-electron chi connectivity index (χ1n) is 7.81. The number of nitrogens with zero attached hydrogens (tertiary/aromatic N) is 2. The van der Waals surface area contributed by atoms with Crippen LogP contribution in [0.25, 0.3) is 0 Å². The summed E-state index contributed by atoms with van der Waals surface area (Å²) in [4.78, 5) is 12.6. The molecule has 1 heterocycles. The highest BCUT2D eigenvalue weighted by molar-refractivity contribution is 7.89. The van der Waals surface area contributed by atoms with E-state index < -0.39 is 26.7 Å². The van der Waals surface area contributed by atoms with Gasteiger partial charge in [0.25, 0.3) is 0 Å². The van der Waals surface area contributed by atoms with Crippen LogP contribution >= 0.6 is 0 Å². The quantitative estimate of drug-likeness (QED) is 0.833. The van der Waals surface area contributed by atoms with Crippen molar-refractivity contribution in [3.8, 4) is 0 Å². The Morgan fingerprint density at radius 1 is 1.16 bits per heavy atom. The van der Waals surface area contributed by atoms with Gasteiger partial charge in [-0.25, -0.2) is 8.42 Å². The smallest absolute Gasteiger partial charge is 0.355 e. The summed E-state index contributed by atoms with van der Waals surface area (Å²) in [6.45, 7) is 3.07. The van der Waals surface area contributed by atoms with Gasteiger partial charge in [-0.15, -0.1) is 0 Å². The van der Waals surface area contributed by atoms with Crippen molar-refractivity contribution in [3.05, 3.63) is 29.8 Å². The first kappa shape index (κ1) is 19.7. The summed E-state index contributed by atoms with van der Waals surface area (Å²) >= 11 is 0. The summed E-state index contributed by atoms with van der Waals surface area (Å²) < 4.78 is 65.5. The number of sulfonamides is 1. The molecule has 1 amide bonds. The largest absolute Gasteiger partial charge is 0.417 e. The summed E-state index contributed by atoms with van der Waals surface area (Å²) in [5.74, 6) is -0.166. The Hall–Kier alpha value is -1.65. The Morgan fingerprint density at radius 2 is 1.76 bits per heavy atom. The number of likely N-dealkylation sites (N-methyl/N-ethyl adjacent to an activating group) is 1. The van der Waals surface area contributed by atoms with E-state index in [4.69, 9.17) is 0 Å². The third-order valence-corrected chi connectivity index (χ3v) is 5.84. The molecular formula is C15H20F3N3O3S. The van der Waals surface area contributed by atoms with E-state index in [0.717, 1.165) is 22.5 Å². The van der Waals surface area contributed by atoms with Crippen molar-refractivity contribution < 1.29 is 26.4 Å². The summed E-state index contributed by atoms with van der Waals surface area (Å²) in [7, 11) is -4.25. The molecule has 0 spiro atoms. The molecule has 6 nitrogen and oxygen atoms in total. The molecule has 1 aliphatic rings. The van der Waals surface area contributed by atoms with E-state index in [1.165, 1.54) is 6.07 Å². The predicted octanol–water partition coefficient (Wildman–Crippen LogP) is 1.15. The molecule has 0 unspecified atom stereocenters. The zero-order valence-electron chi connectivity index (χ0n) is 13.7. The summed E-state index contributed by atoms with van der Waals surface area (Å²) in [6.07, 6.45) is -4.75. The number of alkyl halides is 3. The predicted molar refractivity (Wildman–Crippen MR) is 85.3 cm³/mol. The average molecular weight is 379 g/mol. The van der Waals surface area contributed by atoms with Gasteiger partial charge in [-0.3, -0.25) is 9.69 Å². The first-order valence-corrected chi connectivity index (χ1v) is 9.25. The molecule has 1 aromatic carbocycles. The lowest BCUT2D eigenvalue weighted by atomic mass is 10.2. The second-order valence-electron chi connectivity index (χ2n) is 5.63. The average Bonchev–Trinajstić information content (AvgIpc) is 2.55. The molecule has 140 valence electrons. The number of benzene rings is 1. The molecule has 0 atom stereocenters. The zero-order valence-corrected chi connectivity index (χ0v) is 14.5. The lowest BCUT2D eigenvalue weighted by molar-refractivity contribution is -0.140. The maximum absolute atomic E-state index is 13.1. The highest BCUT2D eigenvalue weighted by Gasteiger charge is 2.39. The van der Waals surface area contributed by atoms with Crippen LogP contribution in [-0.4, -0.2) is 62.8 Å². The highest BCUT2D eigenvalue weighted by Crippen LogP contribution is 2.35. The third kappa shape index (κ3) is 4.71. The fraction of sp³-hybridized carbons (Fsp3) is 0.533. The maximum atomic E-state index is 13.1. The van der Waals surface area contributed by atoms with Gasteiger partial charge < -0.3 is 5.32 Å². The highest BCUT2D eigenvalue weighted by atomic mass is 32.2. The van der Waals surface area contributed by atoms with Gasteiger partial charge in [-0.05, 0) is 19.1 Å². The van der Waals surface area contributed by atoms with Crippen LogP contribution in [0, 0.1) is 0 Å². The lowest BCUT2D eigenvalue weighted by Gasteiger charge is -2.33. The van der Waals surface area contributed by atoms with E-state index in [1.807, 2.05) is 0 Å². The molecule has 0 radical (unpaired) electrons. The molecule has 1 fully saturated rings. The molecule has 0 saturated carbocycles. The second-order valence-corrected chi connectivity index (χ2v) is 7.53. The molecule has 1 aromatic rings. The van der Waals surface area contributed by atoms with Crippen molar-refractivity contribution in [1.29, 1.82) is 0 Å². The summed E-state index contributed by atoms with van der Waals surface area (Å²) in [5, 5.41) is 2.65. The number of amides is 1. The Morgan fingerprint density at radius 3 is 2.32 bits per heavy atom. The van der Waals surface area contributed by atoms with Gasteiger partial charge in [0.2, 0.25) is 15.9 Å². The maximum Gasteiger partial charge on any atom is 0.417 e. The van der Waals surface area contributed by atoms with Crippen molar-refractivity contribution in [1.82, 2.24) is 14.5 Å². The van der Waals surface area contributed by atoms with Gasteiger partial charge in [0.05, 0.1) is 17.0 Å². The molecule has 1 saturated heterocycles. The normalized spacial score (nSPS) is 17.4. The topological polar surface area (TPSA) is 69.7 Å². The van der Waals surface area contributed by atoms with Gasteiger partial charge in [-0.1, -0.05) is 12.1 Å². The molecule has 25 heavy (non-hydrogen) atoms. The van der Waals surface area contributed by atoms with E-state index in [2.05, 4.69) is 5.32 Å². The van der Waals surface area contributed by atoms with Gasteiger partial charge in [0.1, 0.15) is 0 Å². The SMILES string of the molecule is CCNC(=O)CN1CCN(S(=O)(=O)c2ccccc2C(F)(F)F)CC1. The number of nitrogens with one attached hydrogen (secondary N) is 1. The molecule has 1 aliphatic heterocycles. The fourth-order valence-electron chi connectivity index (χ4n) is 2.65. The van der Waals surface area contributed by atoms with Crippen LogP contribution < -0.4 is 5.32 Å². The summed E-state index contributed by atoms with van der Waals surface area (Å²) in [5.41, 5.74) is -1.17. The molecule has 0 aromatic heterocycles. The number of piperazine rings is 1. The van der Waals surface area contributed by atoms with Crippen molar-refractivity contribution in [2.24, 2.45) is 0 Å². The molecule has 10 heteroatoms. The number of rotatable bonds is 5. The molecule has 0 bridgehead atoms. The van der Waals surface area contributed by atoms with Crippen molar-refractivity contribution >= 4 is 15.9 Å². The molecule has 0 aliphatic carbocycles. The van der Waals surface area contributed by atoms with Gasteiger partial charge in [0, 0.05) is 32.7 Å². The van der Waals surface area contributed by atoms with Crippen LogP contribution in [0.2, 0.25) is 0 Å². The molecule has 2 rings (SSSR count). The number of hydrogen-bond donors (Lipinski definition) is 1. The standard InChI is InChI=1S/C15H20F3N3O3S/c1-2-19-14(22)11-20-7-9-21(10-8-20)25(23,24)13-6-4-3-5-12(13)15(16,17)18/h3-6H,2,7-11H2,1H3,(H,19,22). The van der Waals surface area contributed by atoms with Gasteiger partial charge >= 0.3 is 6.18 Å². The number of halogens is 3. The Kier molecular flexibility index (Phi) is 6.07.